The Labute approximate surface area is 166 Å². The molecule has 0 atom stereocenters. The minimum Gasteiger partial charge on any atom is -0.451 e. The molecule has 0 spiro atoms. The molecule has 0 bridgehead atoms. The highest BCUT2D eigenvalue weighted by Crippen LogP contribution is 2.34. The van der Waals surface area contributed by atoms with Gasteiger partial charge in [0.05, 0.1) is 6.61 Å². The lowest BCUT2D eigenvalue weighted by Gasteiger charge is -2.11. The standard InChI is InChI=1S/C21H20FNO4S/c1-12-6-4-7-13(2)19(12)23-17(24)11-27-21(25)20-14(10-26-3)18-15(22)8-5-9-16(18)28-20/h4-9H,10-11H2,1-3H3,(H,23,24). The molecule has 146 valence electrons. The normalized spacial score (nSPS) is 10.9. The minimum atomic E-state index is -0.677. The molecular formula is C21H20FNO4S. The topological polar surface area (TPSA) is 64.6 Å². The van der Waals surface area contributed by atoms with Crippen LogP contribution in [0.1, 0.15) is 26.4 Å². The zero-order valence-electron chi connectivity index (χ0n) is 15.8. The van der Waals surface area contributed by atoms with Crippen molar-refractivity contribution in [1.82, 2.24) is 0 Å². The van der Waals surface area contributed by atoms with E-state index in [0.717, 1.165) is 22.5 Å². The molecule has 0 saturated heterocycles. The number of hydrogen-bond acceptors (Lipinski definition) is 5. The number of anilines is 1. The summed E-state index contributed by atoms with van der Waals surface area (Å²) in [6, 6.07) is 10.3. The largest absolute Gasteiger partial charge is 0.451 e. The van der Waals surface area contributed by atoms with Gasteiger partial charge in [-0.1, -0.05) is 24.3 Å². The highest BCUT2D eigenvalue weighted by molar-refractivity contribution is 7.21. The summed E-state index contributed by atoms with van der Waals surface area (Å²) in [5.74, 6) is -1.54. The molecule has 0 saturated carbocycles. The lowest BCUT2D eigenvalue weighted by Crippen LogP contribution is -2.22. The van der Waals surface area contributed by atoms with Crippen molar-refractivity contribution in [1.29, 1.82) is 0 Å². The first-order chi connectivity index (χ1) is 13.4. The van der Waals surface area contributed by atoms with E-state index < -0.39 is 24.3 Å². The minimum absolute atomic E-state index is 0.0694. The number of fused-ring (bicyclic) bond motifs is 1. The van der Waals surface area contributed by atoms with Gasteiger partial charge in [-0.05, 0) is 37.1 Å². The van der Waals surface area contributed by atoms with Crippen LogP contribution in [0.5, 0.6) is 0 Å². The second-order valence-electron chi connectivity index (χ2n) is 6.35. The smallest absolute Gasteiger partial charge is 0.349 e. The van der Waals surface area contributed by atoms with Crippen LogP contribution in [0.15, 0.2) is 36.4 Å². The Kier molecular flexibility index (Phi) is 6.06. The number of para-hydroxylation sites is 1. The van der Waals surface area contributed by atoms with E-state index in [2.05, 4.69) is 5.32 Å². The Morgan fingerprint density at radius 1 is 1.11 bits per heavy atom. The zero-order valence-corrected chi connectivity index (χ0v) is 16.6. The van der Waals surface area contributed by atoms with Crippen molar-refractivity contribution in [2.45, 2.75) is 20.5 Å². The fourth-order valence-corrected chi connectivity index (χ4v) is 4.11. The molecule has 3 rings (SSSR count). The van der Waals surface area contributed by atoms with E-state index >= 15 is 0 Å². The van der Waals surface area contributed by atoms with Gasteiger partial charge in [0.15, 0.2) is 6.61 Å². The Hall–Kier alpha value is -2.77. The van der Waals surface area contributed by atoms with Gasteiger partial charge in [0.25, 0.3) is 5.91 Å². The number of halogens is 1. The lowest BCUT2D eigenvalue weighted by molar-refractivity contribution is -0.119. The van der Waals surface area contributed by atoms with E-state index in [-0.39, 0.29) is 11.5 Å². The molecule has 2 aromatic carbocycles. The third-order valence-corrected chi connectivity index (χ3v) is 5.49. The van der Waals surface area contributed by atoms with E-state index in [9.17, 15) is 14.0 Å². The van der Waals surface area contributed by atoms with E-state index in [1.807, 2.05) is 32.0 Å². The lowest BCUT2D eigenvalue weighted by atomic mass is 10.1. The number of esters is 1. The van der Waals surface area contributed by atoms with Crippen LogP contribution in [0.3, 0.4) is 0 Å². The molecule has 1 N–H and O–H groups in total. The van der Waals surface area contributed by atoms with Crippen LogP contribution in [0, 0.1) is 19.7 Å². The summed E-state index contributed by atoms with van der Waals surface area (Å²) < 4.78 is 25.1. The molecule has 0 aliphatic carbocycles. The molecule has 0 aliphatic heterocycles. The summed E-state index contributed by atoms with van der Waals surface area (Å²) in [7, 11) is 1.47. The van der Waals surface area contributed by atoms with E-state index in [0.29, 0.717) is 21.3 Å². The van der Waals surface area contributed by atoms with Crippen LogP contribution >= 0.6 is 11.3 Å². The summed E-state index contributed by atoms with van der Waals surface area (Å²) in [4.78, 5) is 25.0. The third-order valence-electron chi connectivity index (χ3n) is 4.32. The SMILES string of the molecule is COCc1c(C(=O)OCC(=O)Nc2c(C)cccc2C)sc2cccc(F)c12. The van der Waals surface area contributed by atoms with Crippen LogP contribution in [0.4, 0.5) is 10.1 Å². The summed E-state index contributed by atoms with van der Waals surface area (Å²) >= 11 is 1.12. The molecule has 0 fully saturated rings. The molecular weight excluding hydrogens is 381 g/mol. The highest BCUT2D eigenvalue weighted by atomic mass is 32.1. The van der Waals surface area contributed by atoms with Crippen molar-refractivity contribution in [3.63, 3.8) is 0 Å². The van der Waals surface area contributed by atoms with Crippen LogP contribution in [-0.4, -0.2) is 25.6 Å². The molecule has 5 nitrogen and oxygen atoms in total. The number of ether oxygens (including phenoxy) is 2. The first-order valence-corrected chi connectivity index (χ1v) is 9.46. The maximum atomic E-state index is 14.2. The van der Waals surface area contributed by atoms with Gasteiger partial charge in [-0.25, -0.2) is 9.18 Å². The first-order valence-electron chi connectivity index (χ1n) is 8.64. The summed E-state index contributed by atoms with van der Waals surface area (Å²) in [5, 5.41) is 3.11. The number of thiophene rings is 1. The van der Waals surface area contributed by atoms with Crippen LogP contribution in [0.2, 0.25) is 0 Å². The van der Waals surface area contributed by atoms with E-state index in [1.165, 1.54) is 13.2 Å². The number of rotatable bonds is 6. The number of hydrogen-bond donors (Lipinski definition) is 1. The van der Waals surface area contributed by atoms with E-state index in [4.69, 9.17) is 9.47 Å². The Morgan fingerprint density at radius 3 is 2.46 bits per heavy atom. The molecule has 1 amide bonds. The van der Waals surface area contributed by atoms with Crippen molar-refractivity contribution in [2.75, 3.05) is 19.0 Å². The number of carbonyl (C=O) groups is 2. The molecule has 0 unspecified atom stereocenters. The number of aryl methyl sites for hydroxylation is 2. The third kappa shape index (κ3) is 4.05. The van der Waals surface area contributed by atoms with Crippen LogP contribution in [-0.2, 0) is 20.9 Å². The molecule has 0 aliphatic rings. The van der Waals surface area contributed by atoms with E-state index in [1.54, 1.807) is 12.1 Å². The monoisotopic (exact) mass is 401 g/mol. The first kappa shape index (κ1) is 20.0. The average Bonchev–Trinajstić information content (AvgIpc) is 3.03. The fourth-order valence-electron chi connectivity index (χ4n) is 3.00. The quantitative estimate of drug-likeness (QED) is 0.613. The zero-order chi connectivity index (χ0) is 20.3. The van der Waals surface area contributed by atoms with Crippen LogP contribution < -0.4 is 5.32 Å². The number of amides is 1. The fraction of sp³-hybridized carbons (Fsp3) is 0.238. The van der Waals surface area contributed by atoms with Gasteiger partial charge < -0.3 is 14.8 Å². The van der Waals surface area contributed by atoms with Gasteiger partial charge in [-0.3, -0.25) is 4.79 Å². The van der Waals surface area contributed by atoms with Gasteiger partial charge >= 0.3 is 5.97 Å². The van der Waals surface area contributed by atoms with Crippen molar-refractivity contribution >= 4 is 39.0 Å². The maximum absolute atomic E-state index is 14.2. The Balaban J connectivity index is 1.75. The van der Waals surface area contributed by atoms with Gasteiger partial charge in [-0.15, -0.1) is 11.3 Å². The Bertz CT molecular complexity index is 1020. The summed E-state index contributed by atoms with van der Waals surface area (Å²) in [5.41, 5.74) is 2.97. The number of nitrogens with one attached hydrogen (secondary N) is 1. The second kappa shape index (κ2) is 8.50. The molecule has 1 heterocycles. The van der Waals surface area contributed by atoms with Gasteiger partial charge in [0, 0.05) is 28.4 Å². The highest BCUT2D eigenvalue weighted by Gasteiger charge is 2.22. The predicted molar refractivity (Wildman–Crippen MR) is 107 cm³/mol. The Morgan fingerprint density at radius 2 is 1.79 bits per heavy atom. The van der Waals surface area contributed by atoms with Crippen LogP contribution in [0.25, 0.3) is 10.1 Å². The second-order valence-corrected chi connectivity index (χ2v) is 7.40. The average molecular weight is 401 g/mol. The van der Waals surface area contributed by atoms with Crippen molar-refractivity contribution in [3.8, 4) is 0 Å². The van der Waals surface area contributed by atoms with Gasteiger partial charge in [-0.2, -0.15) is 0 Å². The number of carbonyl (C=O) groups excluding carboxylic acids is 2. The van der Waals surface area contributed by atoms with Gasteiger partial charge in [0.2, 0.25) is 0 Å². The molecule has 28 heavy (non-hydrogen) atoms. The number of benzene rings is 2. The molecule has 7 heteroatoms. The van der Waals surface area contributed by atoms with Gasteiger partial charge in [0.1, 0.15) is 10.7 Å². The molecule has 3 aromatic rings. The van der Waals surface area contributed by atoms with Crippen molar-refractivity contribution in [2.24, 2.45) is 0 Å². The summed E-state index contributed by atoms with van der Waals surface area (Å²) in [6.45, 7) is 3.41. The van der Waals surface area contributed by atoms with Crippen molar-refractivity contribution < 1.29 is 23.5 Å². The maximum Gasteiger partial charge on any atom is 0.349 e. The molecule has 0 radical (unpaired) electrons. The molecule has 1 aromatic heterocycles. The number of methoxy groups -OCH3 is 1. The predicted octanol–water partition coefficient (Wildman–Crippen LogP) is 4.60. The van der Waals surface area contributed by atoms with Crippen molar-refractivity contribution in [3.05, 3.63) is 63.8 Å². The summed E-state index contributed by atoms with van der Waals surface area (Å²) in [6.07, 6.45) is 0.